The van der Waals surface area contributed by atoms with Crippen LogP contribution < -0.4 is 11.1 Å². The first-order valence-electron chi connectivity index (χ1n) is 8.27. The second kappa shape index (κ2) is 9.57. The van der Waals surface area contributed by atoms with Crippen LogP contribution in [0.2, 0.25) is 10.0 Å². The van der Waals surface area contributed by atoms with E-state index in [2.05, 4.69) is 5.32 Å². The first-order valence-corrected chi connectivity index (χ1v) is 9.03. The molecule has 2 rings (SSSR count). The van der Waals surface area contributed by atoms with Gasteiger partial charge >= 0.3 is 5.97 Å². The van der Waals surface area contributed by atoms with E-state index in [1.54, 1.807) is 0 Å². The first kappa shape index (κ1) is 21.0. The van der Waals surface area contributed by atoms with Crippen LogP contribution in [0.1, 0.15) is 29.6 Å². The SMILES string of the molecule is NC(=O)[C@@H]1CCCCN1C(=O)COC(=O)CNC(=O)c1ccc(Cl)cc1Cl. The number of hydrogen-bond acceptors (Lipinski definition) is 5. The van der Waals surface area contributed by atoms with E-state index in [1.165, 1.54) is 23.1 Å². The van der Waals surface area contributed by atoms with Gasteiger partial charge in [-0.3, -0.25) is 19.2 Å². The molecule has 0 saturated carbocycles. The number of likely N-dealkylation sites (tertiary alicyclic amines) is 1. The van der Waals surface area contributed by atoms with Gasteiger partial charge in [-0.05, 0) is 37.5 Å². The number of amides is 3. The van der Waals surface area contributed by atoms with Gasteiger partial charge in [0, 0.05) is 11.6 Å². The van der Waals surface area contributed by atoms with Crippen molar-refractivity contribution in [2.75, 3.05) is 19.7 Å². The number of hydrogen-bond donors (Lipinski definition) is 2. The second-order valence-corrected chi connectivity index (χ2v) is 6.81. The minimum Gasteiger partial charge on any atom is -0.454 e. The van der Waals surface area contributed by atoms with Gasteiger partial charge in [0.25, 0.3) is 11.8 Å². The number of carbonyl (C=O) groups excluding carboxylic acids is 4. The van der Waals surface area contributed by atoms with Gasteiger partial charge in [-0.15, -0.1) is 0 Å². The zero-order valence-electron chi connectivity index (χ0n) is 14.4. The van der Waals surface area contributed by atoms with Gasteiger partial charge in [0.05, 0.1) is 10.6 Å². The Balaban J connectivity index is 1.81. The van der Waals surface area contributed by atoms with Gasteiger partial charge in [-0.2, -0.15) is 0 Å². The molecule has 1 aliphatic rings. The van der Waals surface area contributed by atoms with Crippen LogP contribution in [0.5, 0.6) is 0 Å². The number of primary amides is 1. The summed E-state index contributed by atoms with van der Waals surface area (Å²) in [5, 5.41) is 2.87. The summed E-state index contributed by atoms with van der Waals surface area (Å²) in [5.74, 6) is -2.46. The number of piperidine rings is 1. The van der Waals surface area contributed by atoms with Crippen molar-refractivity contribution in [1.29, 1.82) is 0 Å². The lowest BCUT2D eigenvalue weighted by molar-refractivity contribution is -0.154. The van der Waals surface area contributed by atoms with Gasteiger partial charge in [-0.1, -0.05) is 23.2 Å². The standard InChI is InChI=1S/C17H19Cl2N3O5/c18-10-4-5-11(12(19)7-10)17(26)21-8-15(24)27-9-14(23)22-6-2-1-3-13(22)16(20)25/h4-5,7,13H,1-3,6,8-9H2,(H2,20,25)(H,21,26)/t13-/m0/s1. The molecule has 1 aromatic carbocycles. The molecule has 0 bridgehead atoms. The van der Waals surface area contributed by atoms with Crippen molar-refractivity contribution in [2.24, 2.45) is 5.73 Å². The van der Waals surface area contributed by atoms with Crippen molar-refractivity contribution in [1.82, 2.24) is 10.2 Å². The first-order chi connectivity index (χ1) is 12.8. The van der Waals surface area contributed by atoms with Gasteiger partial charge < -0.3 is 20.7 Å². The minimum absolute atomic E-state index is 0.145. The maximum Gasteiger partial charge on any atom is 0.325 e. The Hall–Kier alpha value is -2.32. The largest absolute Gasteiger partial charge is 0.454 e. The zero-order chi connectivity index (χ0) is 20.0. The topological polar surface area (TPSA) is 119 Å². The number of nitrogens with one attached hydrogen (secondary N) is 1. The van der Waals surface area contributed by atoms with Gasteiger partial charge in [0.2, 0.25) is 5.91 Å². The second-order valence-electron chi connectivity index (χ2n) is 5.97. The van der Waals surface area contributed by atoms with E-state index in [-0.39, 0.29) is 10.6 Å². The fourth-order valence-corrected chi connectivity index (χ4v) is 3.22. The highest BCUT2D eigenvalue weighted by atomic mass is 35.5. The zero-order valence-corrected chi connectivity index (χ0v) is 15.9. The molecule has 3 N–H and O–H groups in total. The lowest BCUT2D eigenvalue weighted by Crippen LogP contribution is -2.51. The Bertz CT molecular complexity index is 756. The summed E-state index contributed by atoms with van der Waals surface area (Å²) in [6.07, 6.45) is 2.05. The van der Waals surface area contributed by atoms with E-state index < -0.39 is 42.9 Å². The monoisotopic (exact) mass is 415 g/mol. The third-order valence-electron chi connectivity index (χ3n) is 4.08. The summed E-state index contributed by atoms with van der Waals surface area (Å²) in [7, 11) is 0. The summed E-state index contributed by atoms with van der Waals surface area (Å²) in [6.45, 7) is -0.583. The molecule has 8 nitrogen and oxygen atoms in total. The highest BCUT2D eigenvalue weighted by molar-refractivity contribution is 6.36. The van der Waals surface area contributed by atoms with Crippen molar-refractivity contribution in [3.63, 3.8) is 0 Å². The highest BCUT2D eigenvalue weighted by Crippen LogP contribution is 2.20. The number of halogens is 2. The van der Waals surface area contributed by atoms with E-state index in [9.17, 15) is 19.2 Å². The van der Waals surface area contributed by atoms with Crippen LogP contribution in [-0.4, -0.2) is 54.3 Å². The maximum absolute atomic E-state index is 12.2. The molecule has 3 amide bonds. The molecule has 1 heterocycles. The normalized spacial score (nSPS) is 16.5. The van der Waals surface area contributed by atoms with Gasteiger partial charge in [0.15, 0.2) is 6.61 Å². The molecule has 1 fully saturated rings. The van der Waals surface area contributed by atoms with Crippen molar-refractivity contribution in [3.05, 3.63) is 33.8 Å². The van der Waals surface area contributed by atoms with Crippen molar-refractivity contribution in [3.8, 4) is 0 Å². The van der Waals surface area contributed by atoms with Crippen LogP contribution in [-0.2, 0) is 19.1 Å². The van der Waals surface area contributed by atoms with Crippen LogP contribution >= 0.6 is 23.2 Å². The lowest BCUT2D eigenvalue weighted by Gasteiger charge is -2.33. The number of nitrogens with zero attached hydrogens (tertiary/aromatic N) is 1. The smallest absolute Gasteiger partial charge is 0.325 e. The minimum atomic E-state index is -0.797. The molecule has 1 aliphatic heterocycles. The van der Waals surface area contributed by atoms with Gasteiger partial charge in [0.1, 0.15) is 12.6 Å². The highest BCUT2D eigenvalue weighted by Gasteiger charge is 2.31. The number of rotatable bonds is 6. The fraction of sp³-hybridized carbons (Fsp3) is 0.412. The molecule has 1 aromatic rings. The Morgan fingerprint density at radius 3 is 2.63 bits per heavy atom. The van der Waals surface area contributed by atoms with Crippen LogP contribution in [0.15, 0.2) is 18.2 Å². The summed E-state index contributed by atoms with van der Waals surface area (Å²) in [6, 6.07) is 3.64. The van der Waals surface area contributed by atoms with E-state index in [4.69, 9.17) is 33.7 Å². The molecule has 146 valence electrons. The van der Waals surface area contributed by atoms with E-state index >= 15 is 0 Å². The molecule has 0 radical (unpaired) electrons. The molecule has 1 saturated heterocycles. The van der Waals surface area contributed by atoms with Crippen LogP contribution in [0, 0.1) is 0 Å². The van der Waals surface area contributed by atoms with E-state index in [0.717, 1.165) is 12.8 Å². The van der Waals surface area contributed by atoms with E-state index in [0.29, 0.717) is 18.0 Å². The molecule has 0 spiro atoms. The molecule has 0 aliphatic carbocycles. The van der Waals surface area contributed by atoms with Crippen LogP contribution in [0.3, 0.4) is 0 Å². The maximum atomic E-state index is 12.2. The molecule has 0 aromatic heterocycles. The number of nitrogens with two attached hydrogens (primary N) is 1. The molecule has 1 atom stereocenters. The molecular weight excluding hydrogens is 397 g/mol. The number of benzene rings is 1. The quantitative estimate of drug-likeness (QED) is 0.674. The summed E-state index contributed by atoms with van der Waals surface area (Å²) in [5.41, 5.74) is 5.46. The third kappa shape index (κ3) is 5.83. The number of esters is 1. The predicted octanol–water partition coefficient (Wildman–Crippen LogP) is 1.13. The molecule has 27 heavy (non-hydrogen) atoms. The average Bonchev–Trinajstić information content (AvgIpc) is 2.64. The summed E-state index contributed by atoms with van der Waals surface area (Å²) in [4.78, 5) is 48.7. The van der Waals surface area contributed by atoms with Crippen molar-refractivity contribution < 1.29 is 23.9 Å². The summed E-state index contributed by atoms with van der Waals surface area (Å²) < 4.78 is 4.87. The van der Waals surface area contributed by atoms with Gasteiger partial charge in [-0.25, -0.2) is 0 Å². The Labute approximate surface area is 165 Å². The lowest BCUT2D eigenvalue weighted by atomic mass is 10.0. The molecular formula is C17H19Cl2N3O5. The van der Waals surface area contributed by atoms with Crippen LogP contribution in [0.25, 0.3) is 0 Å². The number of ether oxygens (including phenoxy) is 1. The Kier molecular flexibility index (Phi) is 7.44. The Morgan fingerprint density at radius 1 is 1.22 bits per heavy atom. The average molecular weight is 416 g/mol. The van der Waals surface area contributed by atoms with Crippen molar-refractivity contribution >= 4 is 46.9 Å². The van der Waals surface area contributed by atoms with E-state index in [1.807, 2.05) is 0 Å². The molecule has 0 unspecified atom stereocenters. The Morgan fingerprint density at radius 2 is 1.96 bits per heavy atom. The molecule has 10 heteroatoms. The summed E-state index contributed by atoms with van der Waals surface area (Å²) >= 11 is 11.7. The predicted molar refractivity (Wildman–Crippen MR) is 98.3 cm³/mol. The third-order valence-corrected chi connectivity index (χ3v) is 4.63. The van der Waals surface area contributed by atoms with Crippen molar-refractivity contribution in [2.45, 2.75) is 25.3 Å². The number of carbonyl (C=O) groups is 4. The fourth-order valence-electron chi connectivity index (χ4n) is 2.72. The van der Waals surface area contributed by atoms with Crippen LogP contribution in [0.4, 0.5) is 0 Å².